The third-order valence-electron chi connectivity index (χ3n) is 5.46. The number of nitrogens with one attached hydrogen (secondary N) is 2. The van der Waals surface area contributed by atoms with E-state index >= 15 is 0 Å². The zero-order valence-corrected chi connectivity index (χ0v) is 20.6. The number of carbonyl (C=O) groups excluding carboxylic acids is 2. The van der Waals surface area contributed by atoms with Crippen molar-refractivity contribution in [1.82, 2.24) is 20.0 Å². The normalized spacial score (nSPS) is 14.8. The van der Waals surface area contributed by atoms with Crippen LogP contribution in [0.25, 0.3) is 10.6 Å². The summed E-state index contributed by atoms with van der Waals surface area (Å²) in [5, 5.41) is 12.5. The Balaban J connectivity index is 1.49. The van der Waals surface area contributed by atoms with Crippen molar-refractivity contribution in [1.29, 1.82) is 0 Å². The molecular weight excluding hydrogens is 535 g/mol. The van der Waals surface area contributed by atoms with E-state index in [0.29, 0.717) is 19.2 Å². The largest absolute Gasteiger partial charge is 0.573 e. The predicted octanol–water partition coefficient (Wildman–Crippen LogP) is 3.82. The van der Waals surface area contributed by atoms with Gasteiger partial charge in [0.2, 0.25) is 11.0 Å². The number of anilines is 2. The highest BCUT2D eigenvalue weighted by atomic mass is 32.1. The van der Waals surface area contributed by atoms with Crippen LogP contribution in [-0.4, -0.2) is 77.9 Å². The zero-order chi connectivity index (χ0) is 27.4. The Morgan fingerprint density at radius 1 is 1.00 bits per heavy atom. The lowest BCUT2D eigenvalue weighted by molar-refractivity contribution is -0.274. The molecule has 0 spiro atoms. The second-order valence-corrected chi connectivity index (χ2v) is 9.39. The Morgan fingerprint density at radius 3 is 2.34 bits per heavy atom. The minimum atomic E-state index is -5.03. The van der Waals surface area contributed by atoms with Gasteiger partial charge in [0.05, 0.1) is 12.2 Å². The average molecular weight is 557 g/mol. The first-order valence-electron chi connectivity index (χ1n) is 11.2. The molecule has 1 aliphatic heterocycles. The van der Waals surface area contributed by atoms with Crippen molar-refractivity contribution >= 4 is 34.0 Å². The van der Waals surface area contributed by atoms with E-state index in [2.05, 4.69) is 30.5 Å². The van der Waals surface area contributed by atoms with Crippen molar-refractivity contribution in [3.63, 3.8) is 0 Å². The molecule has 202 valence electrons. The topological polar surface area (TPSA) is 99.7 Å². The molecule has 0 aliphatic carbocycles. The van der Waals surface area contributed by atoms with Crippen LogP contribution in [0, 0.1) is 11.6 Å². The molecule has 2 heterocycles. The maximum atomic E-state index is 13.5. The quantitative estimate of drug-likeness (QED) is 0.427. The van der Waals surface area contributed by atoms with Crippen LogP contribution < -0.4 is 15.4 Å². The molecule has 0 saturated carbocycles. The maximum absolute atomic E-state index is 13.5. The minimum Gasteiger partial charge on any atom is -0.404 e. The van der Waals surface area contributed by atoms with E-state index in [-0.39, 0.29) is 33.5 Å². The zero-order valence-electron chi connectivity index (χ0n) is 19.8. The lowest BCUT2D eigenvalue weighted by Gasteiger charge is -2.31. The number of piperazine rings is 1. The number of halogens is 5. The summed E-state index contributed by atoms with van der Waals surface area (Å²) in [6.07, 6.45) is -5.03. The van der Waals surface area contributed by atoms with E-state index in [9.17, 15) is 31.5 Å². The van der Waals surface area contributed by atoms with Gasteiger partial charge in [-0.3, -0.25) is 19.8 Å². The number of amides is 2. The third kappa shape index (κ3) is 7.43. The SMILES string of the molecule is CN1CCN(CC(=O)Nc2cc(C(=O)Nc3nnc(-c4cc(F)cc(F)c4)s3)ccc2OC(F)(F)F)CC1. The van der Waals surface area contributed by atoms with Gasteiger partial charge in [0, 0.05) is 43.4 Å². The van der Waals surface area contributed by atoms with Crippen molar-refractivity contribution in [2.75, 3.05) is 50.4 Å². The van der Waals surface area contributed by atoms with Crippen LogP contribution in [0.5, 0.6) is 5.75 Å². The molecule has 9 nitrogen and oxygen atoms in total. The highest BCUT2D eigenvalue weighted by Gasteiger charge is 2.33. The summed E-state index contributed by atoms with van der Waals surface area (Å²) < 4.78 is 69.8. The highest BCUT2D eigenvalue weighted by molar-refractivity contribution is 7.18. The van der Waals surface area contributed by atoms with Gasteiger partial charge in [-0.1, -0.05) is 11.3 Å². The van der Waals surface area contributed by atoms with Gasteiger partial charge < -0.3 is 15.0 Å². The summed E-state index contributed by atoms with van der Waals surface area (Å²) in [5.74, 6) is -3.66. The molecular formula is C23H21F5N6O3S. The van der Waals surface area contributed by atoms with Gasteiger partial charge in [0.1, 0.15) is 16.6 Å². The second kappa shape index (κ2) is 11.4. The summed E-state index contributed by atoms with van der Waals surface area (Å²) in [4.78, 5) is 29.3. The van der Waals surface area contributed by atoms with Crippen LogP contribution in [0.2, 0.25) is 0 Å². The number of carbonyl (C=O) groups is 2. The number of alkyl halides is 3. The van der Waals surface area contributed by atoms with Gasteiger partial charge in [0.25, 0.3) is 5.91 Å². The van der Waals surface area contributed by atoms with E-state index in [1.165, 1.54) is 0 Å². The van der Waals surface area contributed by atoms with Crippen molar-refractivity contribution in [3.05, 3.63) is 53.6 Å². The first-order chi connectivity index (χ1) is 17.9. The lowest BCUT2D eigenvalue weighted by atomic mass is 10.1. The van der Waals surface area contributed by atoms with Crippen LogP contribution in [0.1, 0.15) is 10.4 Å². The van der Waals surface area contributed by atoms with Crippen molar-refractivity contribution in [2.24, 2.45) is 0 Å². The van der Waals surface area contributed by atoms with Crippen LogP contribution in [0.3, 0.4) is 0 Å². The monoisotopic (exact) mass is 556 g/mol. The van der Waals surface area contributed by atoms with Crippen LogP contribution >= 0.6 is 11.3 Å². The van der Waals surface area contributed by atoms with Crippen LogP contribution in [-0.2, 0) is 4.79 Å². The lowest BCUT2D eigenvalue weighted by Crippen LogP contribution is -2.47. The molecule has 2 aromatic carbocycles. The molecule has 0 atom stereocenters. The molecule has 4 rings (SSSR count). The number of rotatable bonds is 7. The number of hydrogen-bond donors (Lipinski definition) is 2. The highest BCUT2D eigenvalue weighted by Crippen LogP contribution is 2.32. The fourth-order valence-corrected chi connectivity index (χ4v) is 4.34. The van der Waals surface area contributed by atoms with Crippen molar-refractivity contribution in [2.45, 2.75) is 6.36 Å². The maximum Gasteiger partial charge on any atom is 0.573 e. The molecule has 1 fully saturated rings. The van der Waals surface area contributed by atoms with Crippen LogP contribution in [0.15, 0.2) is 36.4 Å². The molecule has 1 aliphatic rings. The molecule has 2 N–H and O–H groups in total. The molecule has 1 aromatic heterocycles. The van der Waals surface area contributed by atoms with Crippen molar-refractivity contribution in [3.8, 4) is 16.3 Å². The van der Waals surface area contributed by atoms with Gasteiger partial charge in [-0.25, -0.2) is 8.78 Å². The molecule has 3 aromatic rings. The fraction of sp³-hybridized carbons (Fsp3) is 0.304. The second-order valence-electron chi connectivity index (χ2n) is 8.41. The van der Waals surface area contributed by atoms with E-state index in [0.717, 1.165) is 54.8 Å². The molecule has 38 heavy (non-hydrogen) atoms. The number of benzene rings is 2. The van der Waals surface area contributed by atoms with Crippen molar-refractivity contribution < 1.29 is 36.3 Å². The Hall–Kier alpha value is -3.69. The molecule has 0 unspecified atom stereocenters. The number of hydrogen-bond acceptors (Lipinski definition) is 8. The average Bonchev–Trinajstić information content (AvgIpc) is 3.29. The number of nitrogens with zero attached hydrogens (tertiary/aromatic N) is 4. The Morgan fingerprint density at radius 2 is 1.68 bits per heavy atom. The summed E-state index contributed by atoms with van der Waals surface area (Å²) in [7, 11) is 1.94. The Kier molecular flexibility index (Phi) is 8.18. The Bertz CT molecular complexity index is 1310. The number of aromatic nitrogens is 2. The Labute approximate surface area is 217 Å². The van der Waals surface area contributed by atoms with E-state index in [1.54, 1.807) is 0 Å². The van der Waals surface area contributed by atoms with Gasteiger partial charge in [0.15, 0.2) is 5.75 Å². The van der Waals surface area contributed by atoms with Crippen LogP contribution in [0.4, 0.5) is 32.8 Å². The van der Waals surface area contributed by atoms with E-state index < -0.39 is 35.6 Å². The molecule has 0 bridgehead atoms. The first kappa shape index (κ1) is 27.3. The number of ether oxygens (including phenoxy) is 1. The van der Waals surface area contributed by atoms with Gasteiger partial charge in [-0.05, 0) is 37.4 Å². The van der Waals surface area contributed by atoms with Gasteiger partial charge >= 0.3 is 6.36 Å². The first-order valence-corrected chi connectivity index (χ1v) is 12.0. The third-order valence-corrected chi connectivity index (χ3v) is 6.35. The minimum absolute atomic E-state index is 0.0223. The van der Waals surface area contributed by atoms with E-state index in [4.69, 9.17) is 0 Å². The molecule has 1 saturated heterocycles. The van der Waals surface area contributed by atoms with E-state index in [1.807, 2.05) is 11.9 Å². The smallest absolute Gasteiger partial charge is 0.404 e. The number of likely N-dealkylation sites (N-methyl/N-ethyl adjacent to an activating group) is 1. The fourth-order valence-electron chi connectivity index (χ4n) is 3.62. The standard InChI is InChI=1S/C23H21F5N6O3S/c1-33-4-6-34(7-5-33)12-19(35)29-17-10-13(2-3-18(17)37-23(26,27)28)20(36)30-22-32-31-21(38-22)14-8-15(24)11-16(25)9-14/h2-3,8-11H,4-7,12H2,1H3,(H,29,35)(H,30,32,36). The van der Waals surface area contributed by atoms with Gasteiger partial charge in [-0.2, -0.15) is 0 Å². The summed E-state index contributed by atoms with van der Waals surface area (Å²) >= 11 is 0.832. The molecule has 2 amide bonds. The predicted molar refractivity (Wildman–Crippen MR) is 129 cm³/mol. The van der Waals surface area contributed by atoms with Gasteiger partial charge in [-0.15, -0.1) is 23.4 Å². The molecule has 0 radical (unpaired) electrons. The summed E-state index contributed by atoms with van der Waals surface area (Å²) in [6, 6.07) is 5.83. The summed E-state index contributed by atoms with van der Waals surface area (Å²) in [5.41, 5.74) is -0.343. The summed E-state index contributed by atoms with van der Waals surface area (Å²) in [6.45, 7) is 2.67. The molecule has 15 heteroatoms.